The number of benzene rings is 1. The molecule has 1 aliphatic carbocycles. The number of nitrogens with one attached hydrogen (secondary N) is 1. The van der Waals surface area contributed by atoms with Gasteiger partial charge >= 0.3 is 0 Å². The summed E-state index contributed by atoms with van der Waals surface area (Å²) in [5.41, 5.74) is 0.834. The van der Waals surface area contributed by atoms with Gasteiger partial charge in [-0.2, -0.15) is 0 Å². The molecule has 0 saturated heterocycles. The topological polar surface area (TPSA) is 12.0 Å². The van der Waals surface area contributed by atoms with Crippen LogP contribution in [-0.4, -0.2) is 6.54 Å². The lowest BCUT2D eigenvalue weighted by molar-refractivity contribution is 0.174. The van der Waals surface area contributed by atoms with Crippen molar-refractivity contribution in [2.45, 2.75) is 52.0 Å². The average Bonchev–Trinajstić information content (AvgIpc) is 2.45. The molecule has 3 heteroatoms. The third kappa shape index (κ3) is 3.62. The quantitative estimate of drug-likeness (QED) is 0.750. The van der Waals surface area contributed by atoms with E-state index in [1.165, 1.54) is 32.1 Å². The Kier molecular flexibility index (Phi) is 6.03. The van der Waals surface area contributed by atoms with Gasteiger partial charge in [0, 0.05) is 16.1 Å². The van der Waals surface area contributed by atoms with Crippen molar-refractivity contribution in [3.05, 3.63) is 34.1 Å². The molecule has 1 fully saturated rings. The first-order valence-corrected chi connectivity index (χ1v) is 8.65. The lowest BCUT2D eigenvalue weighted by atomic mass is 9.72. The first-order chi connectivity index (χ1) is 9.67. The summed E-state index contributed by atoms with van der Waals surface area (Å²) in [7, 11) is 0. The number of hydrogen-bond acceptors (Lipinski definition) is 1. The van der Waals surface area contributed by atoms with Crippen LogP contribution in [0.2, 0.25) is 0 Å². The van der Waals surface area contributed by atoms with Crippen molar-refractivity contribution in [3.63, 3.8) is 0 Å². The third-order valence-corrected chi connectivity index (χ3v) is 5.14. The van der Waals surface area contributed by atoms with E-state index in [4.69, 9.17) is 0 Å². The van der Waals surface area contributed by atoms with E-state index in [0.717, 1.165) is 22.5 Å². The second-order valence-corrected chi connectivity index (χ2v) is 6.73. The van der Waals surface area contributed by atoms with Gasteiger partial charge in [0.1, 0.15) is 5.82 Å². The molecular formula is C17H25BrFN. The predicted molar refractivity (Wildman–Crippen MR) is 86.3 cm³/mol. The van der Waals surface area contributed by atoms with Crippen LogP contribution in [-0.2, 0) is 0 Å². The molecule has 1 nitrogen and oxygen atoms in total. The smallest absolute Gasteiger partial charge is 0.129 e. The number of rotatable bonds is 5. The van der Waals surface area contributed by atoms with E-state index in [9.17, 15) is 4.39 Å². The fraction of sp³-hybridized carbons (Fsp3) is 0.647. The van der Waals surface area contributed by atoms with E-state index in [1.54, 1.807) is 6.07 Å². The summed E-state index contributed by atoms with van der Waals surface area (Å²) >= 11 is 3.35. The summed E-state index contributed by atoms with van der Waals surface area (Å²) in [4.78, 5) is 0. The minimum atomic E-state index is -0.0919. The summed E-state index contributed by atoms with van der Waals surface area (Å²) in [6.45, 7) is 5.25. The van der Waals surface area contributed by atoms with Crippen LogP contribution in [0.15, 0.2) is 22.7 Å². The van der Waals surface area contributed by atoms with Crippen molar-refractivity contribution >= 4 is 15.9 Å². The summed E-state index contributed by atoms with van der Waals surface area (Å²) in [5, 5.41) is 3.54. The Balaban J connectivity index is 2.29. The Morgan fingerprint density at radius 3 is 2.70 bits per heavy atom. The molecule has 0 heterocycles. The number of halogens is 2. The van der Waals surface area contributed by atoms with Gasteiger partial charge in [-0.3, -0.25) is 0 Å². The lowest BCUT2D eigenvalue weighted by Gasteiger charge is -2.37. The molecule has 0 aromatic heterocycles. The van der Waals surface area contributed by atoms with Crippen molar-refractivity contribution < 1.29 is 4.39 Å². The monoisotopic (exact) mass is 341 g/mol. The van der Waals surface area contributed by atoms with Gasteiger partial charge in [0.15, 0.2) is 0 Å². The third-order valence-electron chi connectivity index (χ3n) is 4.64. The highest BCUT2D eigenvalue weighted by Gasteiger charge is 2.32. The van der Waals surface area contributed by atoms with Crippen LogP contribution in [0, 0.1) is 17.7 Å². The standard InChI is InChI=1S/C17H25BrFN/c1-3-12-7-5-6-8-14(12)17(20-4-2)15-10-9-13(18)11-16(15)19/h9-12,14,17,20H,3-8H2,1-2H3. The van der Waals surface area contributed by atoms with Gasteiger partial charge in [0.05, 0.1) is 0 Å². The SMILES string of the molecule is CCNC(c1ccc(Br)cc1F)C1CCCCC1CC. The Hall–Kier alpha value is -0.410. The maximum Gasteiger partial charge on any atom is 0.129 e. The maximum absolute atomic E-state index is 14.3. The molecule has 1 aliphatic rings. The van der Waals surface area contributed by atoms with Gasteiger partial charge in [0.2, 0.25) is 0 Å². The predicted octanol–water partition coefficient (Wildman–Crippen LogP) is 5.46. The summed E-state index contributed by atoms with van der Waals surface area (Å²) in [5.74, 6) is 1.19. The van der Waals surface area contributed by atoms with Crippen LogP contribution in [0.1, 0.15) is 57.6 Å². The minimum Gasteiger partial charge on any atom is -0.310 e. The zero-order valence-electron chi connectivity index (χ0n) is 12.5. The fourth-order valence-corrected chi connectivity index (χ4v) is 3.98. The van der Waals surface area contributed by atoms with E-state index in [2.05, 4.69) is 35.1 Å². The summed E-state index contributed by atoms with van der Waals surface area (Å²) < 4.78 is 15.1. The second kappa shape index (κ2) is 7.56. The Morgan fingerprint density at radius 1 is 1.30 bits per heavy atom. The Labute approximate surface area is 130 Å². The van der Waals surface area contributed by atoms with Crippen LogP contribution in [0.4, 0.5) is 4.39 Å². The first-order valence-electron chi connectivity index (χ1n) is 7.85. The molecule has 3 unspecified atom stereocenters. The highest BCUT2D eigenvalue weighted by molar-refractivity contribution is 9.10. The van der Waals surface area contributed by atoms with Crippen molar-refractivity contribution in [3.8, 4) is 0 Å². The maximum atomic E-state index is 14.3. The average molecular weight is 342 g/mol. The molecule has 0 radical (unpaired) electrons. The van der Waals surface area contributed by atoms with Gasteiger partial charge in [-0.05, 0) is 36.9 Å². The summed E-state index contributed by atoms with van der Waals surface area (Å²) in [6, 6.07) is 5.63. The molecule has 112 valence electrons. The Bertz CT molecular complexity index is 435. The normalized spacial score (nSPS) is 24.6. The molecule has 1 aromatic carbocycles. The van der Waals surface area contributed by atoms with E-state index >= 15 is 0 Å². The van der Waals surface area contributed by atoms with Crippen molar-refractivity contribution in [2.24, 2.45) is 11.8 Å². The van der Waals surface area contributed by atoms with Crippen molar-refractivity contribution in [1.82, 2.24) is 5.32 Å². The van der Waals surface area contributed by atoms with E-state index < -0.39 is 0 Å². The molecule has 0 aliphatic heterocycles. The van der Waals surface area contributed by atoms with Gasteiger partial charge in [-0.15, -0.1) is 0 Å². The van der Waals surface area contributed by atoms with Gasteiger partial charge in [-0.1, -0.05) is 61.5 Å². The first kappa shape index (κ1) is 16.0. The fourth-order valence-electron chi connectivity index (χ4n) is 3.65. The second-order valence-electron chi connectivity index (χ2n) is 5.82. The molecule has 0 bridgehead atoms. The molecule has 1 saturated carbocycles. The highest BCUT2D eigenvalue weighted by Crippen LogP contribution is 2.41. The van der Waals surface area contributed by atoms with Crippen LogP contribution in [0.3, 0.4) is 0 Å². The lowest BCUT2D eigenvalue weighted by Crippen LogP contribution is -2.35. The van der Waals surface area contributed by atoms with Gasteiger partial charge in [0.25, 0.3) is 0 Å². The summed E-state index contributed by atoms with van der Waals surface area (Å²) in [6.07, 6.45) is 6.31. The van der Waals surface area contributed by atoms with Gasteiger partial charge in [-0.25, -0.2) is 4.39 Å². The van der Waals surface area contributed by atoms with Crippen LogP contribution >= 0.6 is 15.9 Å². The number of hydrogen-bond donors (Lipinski definition) is 1. The molecular weight excluding hydrogens is 317 g/mol. The molecule has 1 aromatic rings. The highest BCUT2D eigenvalue weighted by atomic mass is 79.9. The van der Waals surface area contributed by atoms with E-state index in [0.29, 0.717) is 5.92 Å². The van der Waals surface area contributed by atoms with Crippen LogP contribution in [0.25, 0.3) is 0 Å². The molecule has 1 N–H and O–H groups in total. The molecule has 20 heavy (non-hydrogen) atoms. The van der Waals surface area contributed by atoms with E-state index in [-0.39, 0.29) is 11.9 Å². The molecule has 0 spiro atoms. The zero-order chi connectivity index (χ0) is 14.5. The molecule has 0 amide bonds. The molecule has 2 rings (SSSR count). The van der Waals surface area contributed by atoms with Gasteiger partial charge < -0.3 is 5.32 Å². The zero-order valence-corrected chi connectivity index (χ0v) is 14.0. The van der Waals surface area contributed by atoms with Crippen molar-refractivity contribution in [1.29, 1.82) is 0 Å². The largest absolute Gasteiger partial charge is 0.310 e. The van der Waals surface area contributed by atoms with Crippen LogP contribution < -0.4 is 5.32 Å². The Morgan fingerprint density at radius 2 is 2.05 bits per heavy atom. The molecule has 3 atom stereocenters. The van der Waals surface area contributed by atoms with Crippen LogP contribution in [0.5, 0.6) is 0 Å². The van der Waals surface area contributed by atoms with Crippen molar-refractivity contribution in [2.75, 3.05) is 6.54 Å². The van der Waals surface area contributed by atoms with E-state index in [1.807, 2.05) is 12.1 Å². The minimum absolute atomic E-state index is 0.0919.